The van der Waals surface area contributed by atoms with Crippen LogP contribution in [0.2, 0.25) is 0 Å². The van der Waals surface area contributed by atoms with E-state index in [1.807, 2.05) is 29.6 Å². The predicted molar refractivity (Wildman–Crippen MR) is 111 cm³/mol. The number of carbonyl (C=O) groups is 1. The lowest BCUT2D eigenvalue weighted by atomic mass is 10.2. The second kappa shape index (κ2) is 7.69. The summed E-state index contributed by atoms with van der Waals surface area (Å²) in [7, 11) is 0. The van der Waals surface area contributed by atoms with Crippen LogP contribution < -0.4 is 5.01 Å². The van der Waals surface area contributed by atoms with Crippen LogP contribution >= 0.6 is 27.3 Å². The maximum atomic E-state index is 13.0. The van der Waals surface area contributed by atoms with Gasteiger partial charge >= 0.3 is 0 Å². The molecule has 9 heteroatoms. The third-order valence-corrected chi connectivity index (χ3v) is 5.37. The first kappa shape index (κ1) is 18.6. The standard InChI is InChI=1S/C19H13BrFN5OS/c1-11-17(24-23-15-8-6-14(21)7-9-15)18(27)26(25-11)19-22-16(10-28-19)12-2-4-13(20)5-3-12/h2-10,17H,1H3/t17-/m1/s1. The first-order valence-electron chi connectivity index (χ1n) is 8.28. The number of halogens is 2. The topological polar surface area (TPSA) is 70.3 Å². The summed E-state index contributed by atoms with van der Waals surface area (Å²) in [6.45, 7) is 1.72. The van der Waals surface area contributed by atoms with Crippen LogP contribution in [-0.4, -0.2) is 22.6 Å². The van der Waals surface area contributed by atoms with Crippen LogP contribution in [0.15, 0.2) is 73.7 Å². The van der Waals surface area contributed by atoms with Gasteiger partial charge in [-0.3, -0.25) is 4.79 Å². The molecule has 3 aromatic rings. The van der Waals surface area contributed by atoms with Gasteiger partial charge in [0.2, 0.25) is 5.13 Å². The quantitative estimate of drug-likeness (QED) is 0.479. The van der Waals surface area contributed by atoms with E-state index in [0.29, 0.717) is 16.5 Å². The van der Waals surface area contributed by atoms with Gasteiger partial charge in [-0.1, -0.05) is 28.1 Å². The molecule has 1 amide bonds. The molecule has 1 aromatic heterocycles. The van der Waals surface area contributed by atoms with Crippen molar-refractivity contribution in [3.05, 3.63) is 64.2 Å². The van der Waals surface area contributed by atoms with Crippen LogP contribution in [0.3, 0.4) is 0 Å². The molecule has 28 heavy (non-hydrogen) atoms. The summed E-state index contributed by atoms with van der Waals surface area (Å²) in [6.07, 6.45) is 0. The lowest BCUT2D eigenvalue weighted by Crippen LogP contribution is -2.29. The van der Waals surface area contributed by atoms with E-state index in [-0.39, 0.29) is 11.7 Å². The number of carbonyl (C=O) groups excluding carboxylic acids is 1. The molecule has 0 bridgehead atoms. The third-order valence-electron chi connectivity index (χ3n) is 4.02. The zero-order valence-corrected chi connectivity index (χ0v) is 17.0. The molecule has 0 aliphatic carbocycles. The largest absolute Gasteiger partial charge is 0.282 e. The molecule has 140 valence electrons. The minimum absolute atomic E-state index is 0.319. The lowest BCUT2D eigenvalue weighted by molar-refractivity contribution is -0.117. The average molecular weight is 458 g/mol. The normalized spacial score (nSPS) is 16.8. The second-order valence-corrected chi connectivity index (χ2v) is 7.76. The number of aromatic nitrogens is 1. The van der Waals surface area contributed by atoms with Crippen LogP contribution in [-0.2, 0) is 4.79 Å². The van der Waals surface area contributed by atoms with Gasteiger partial charge in [-0.2, -0.15) is 20.3 Å². The van der Waals surface area contributed by atoms with Gasteiger partial charge in [0, 0.05) is 15.4 Å². The molecule has 4 rings (SSSR count). The molecule has 0 radical (unpaired) electrons. The minimum atomic E-state index is -0.815. The van der Waals surface area contributed by atoms with E-state index >= 15 is 0 Å². The van der Waals surface area contributed by atoms with Gasteiger partial charge < -0.3 is 0 Å². The molecule has 1 aliphatic heterocycles. The number of nitrogens with zero attached hydrogens (tertiary/aromatic N) is 5. The first-order valence-corrected chi connectivity index (χ1v) is 9.95. The smallest absolute Gasteiger partial charge is 0.269 e. The molecule has 0 unspecified atom stereocenters. The van der Waals surface area contributed by atoms with Gasteiger partial charge in [-0.05, 0) is 43.3 Å². The Balaban J connectivity index is 1.53. The van der Waals surface area contributed by atoms with E-state index in [9.17, 15) is 9.18 Å². The van der Waals surface area contributed by atoms with Crippen LogP contribution in [0.4, 0.5) is 15.2 Å². The summed E-state index contributed by atoms with van der Waals surface area (Å²) in [5, 5.41) is 16.0. The van der Waals surface area contributed by atoms with E-state index in [1.165, 1.54) is 40.6 Å². The lowest BCUT2D eigenvalue weighted by Gasteiger charge is -2.08. The highest BCUT2D eigenvalue weighted by Gasteiger charge is 2.36. The van der Waals surface area contributed by atoms with Crippen molar-refractivity contribution in [3.8, 4) is 11.3 Å². The maximum absolute atomic E-state index is 13.0. The molecule has 0 saturated heterocycles. The number of rotatable bonds is 4. The maximum Gasteiger partial charge on any atom is 0.282 e. The summed E-state index contributed by atoms with van der Waals surface area (Å²) in [5.74, 6) is -0.676. The fraction of sp³-hybridized carbons (Fsp3) is 0.105. The molecule has 0 saturated carbocycles. The second-order valence-electron chi connectivity index (χ2n) is 6.01. The summed E-state index contributed by atoms with van der Waals surface area (Å²) in [5.41, 5.74) is 2.71. The van der Waals surface area contributed by atoms with Crippen LogP contribution in [0.5, 0.6) is 0 Å². The zero-order valence-electron chi connectivity index (χ0n) is 14.6. The highest BCUT2D eigenvalue weighted by molar-refractivity contribution is 9.10. The Morgan fingerprint density at radius 2 is 1.86 bits per heavy atom. The van der Waals surface area contributed by atoms with Crippen LogP contribution in [0, 0.1) is 5.82 Å². The van der Waals surface area contributed by atoms with E-state index in [0.717, 1.165) is 15.7 Å². The van der Waals surface area contributed by atoms with Crippen LogP contribution in [0.25, 0.3) is 11.3 Å². The predicted octanol–water partition coefficient (Wildman–Crippen LogP) is 5.59. The monoisotopic (exact) mass is 457 g/mol. The highest BCUT2D eigenvalue weighted by Crippen LogP contribution is 2.31. The zero-order chi connectivity index (χ0) is 19.7. The molecular formula is C19H13BrFN5OS. The van der Waals surface area contributed by atoms with Crippen molar-refractivity contribution in [3.63, 3.8) is 0 Å². The molecule has 0 N–H and O–H groups in total. The van der Waals surface area contributed by atoms with E-state index in [2.05, 4.69) is 36.2 Å². The van der Waals surface area contributed by atoms with Crippen molar-refractivity contribution in [2.75, 3.05) is 5.01 Å². The minimum Gasteiger partial charge on any atom is -0.269 e. The number of amides is 1. The van der Waals surface area contributed by atoms with E-state index in [1.54, 1.807) is 6.92 Å². The van der Waals surface area contributed by atoms with Crippen molar-refractivity contribution in [1.82, 2.24) is 4.98 Å². The van der Waals surface area contributed by atoms with E-state index in [4.69, 9.17) is 0 Å². The summed E-state index contributed by atoms with van der Waals surface area (Å²) in [4.78, 5) is 17.3. The summed E-state index contributed by atoms with van der Waals surface area (Å²) < 4.78 is 14.0. The van der Waals surface area contributed by atoms with Gasteiger partial charge in [0.1, 0.15) is 5.82 Å². The Labute approximate surface area is 172 Å². The molecule has 2 aromatic carbocycles. The molecule has 1 atom stereocenters. The molecule has 0 fully saturated rings. The number of thiazole rings is 1. The number of hydrogen-bond acceptors (Lipinski definition) is 6. The Bertz CT molecular complexity index is 1080. The van der Waals surface area contributed by atoms with Gasteiger partial charge in [-0.15, -0.1) is 11.3 Å². The molecule has 2 heterocycles. The summed E-state index contributed by atoms with van der Waals surface area (Å²) in [6, 6.07) is 12.5. The SMILES string of the molecule is CC1=NN(c2nc(-c3ccc(Br)cc3)cs2)C(=O)[C@@H]1N=Nc1ccc(F)cc1. The van der Waals surface area contributed by atoms with Gasteiger partial charge in [0.25, 0.3) is 5.91 Å². The van der Waals surface area contributed by atoms with Crippen molar-refractivity contribution in [2.45, 2.75) is 13.0 Å². The van der Waals surface area contributed by atoms with Gasteiger partial charge in [0.05, 0.1) is 17.1 Å². The first-order chi connectivity index (χ1) is 13.5. The van der Waals surface area contributed by atoms with Crippen molar-refractivity contribution < 1.29 is 9.18 Å². The van der Waals surface area contributed by atoms with Crippen molar-refractivity contribution in [2.24, 2.45) is 15.3 Å². The van der Waals surface area contributed by atoms with Crippen LogP contribution in [0.1, 0.15) is 6.92 Å². The highest BCUT2D eigenvalue weighted by atomic mass is 79.9. The summed E-state index contributed by atoms with van der Waals surface area (Å²) >= 11 is 4.74. The number of benzene rings is 2. The molecule has 0 spiro atoms. The number of hydrogen-bond donors (Lipinski definition) is 0. The Morgan fingerprint density at radius 3 is 2.57 bits per heavy atom. The van der Waals surface area contributed by atoms with Gasteiger partial charge in [-0.25, -0.2) is 9.37 Å². The Hall–Kier alpha value is -2.78. The Kier molecular flexibility index (Phi) is 5.10. The average Bonchev–Trinajstić information content (AvgIpc) is 3.27. The molecule has 1 aliphatic rings. The molecule has 6 nitrogen and oxygen atoms in total. The molecular weight excluding hydrogens is 445 g/mol. The number of azo groups is 1. The number of hydrazone groups is 1. The fourth-order valence-electron chi connectivity index (χ4n) is 2.57. The van der Waals surface area contributed by atoms with Gasteiger partial charge in [0.15, 0.2) is 6.04 Å². The fourth-order valence-corrected chi connectivity index (χ4v) is 3.63. The van der Waals surface area contributed by atoms with Crippen molar-refractivity contribution >= 4 is 49.7 Å². The number of anilines is 1. The Morgan fingerprint density at radius 1 is 1.14 bits per heavy atom. The third kappa shape index (κ3) is 3.76. The van der Waals surface area contributed by atoms with E-state index < -0.39 is 6.04 Å². The van der Waals surface area contributed by atoms with Crippen molar-refractivity contribution in [1.29, 1.82) is 0 Å².